The molecule has 1 aromatic heterocycles. The van der Waals surface area contributed by atoms with Gasteiger partial charge in [0.2, 0.25) is 15.9 Å². The molecule has 0 aliphatic carbocycles. The van der Waals surface area contributed by atoms with E-state index in [0.29, 0.717) is 56.2 Å². The molecule has 4 aromatic carbocycles. The van der Waals surface area contributed by atoms with Gasteiger partial charge in [-0.05, 0) is 79.6 Å². The molecule has 8 nitrogen and oxygen atoms in total. The van der Waals surface area contributed by atoms with Crippen LogP contribution in [0.2, 0.25) is 0 Å². The number of amides is 1. The molecule has 0 bridgehead atoms. The summed E-state index contributed by atoms with van der Waals surface area (Å²) >= 11 is 0. The standard InChI is InChI=1S/C34H32N2O6S/c1-5-30(37)32-28-19-27(23-10-8-11-24(18-23)34(35)38)29(36(6-2)43(4,39)40)20-31(28)42-33(32)22-13-15-25(16-14-22)41-26-12-7-9-21(3)17-26/h7-20H,5-6H2,1-4H3,(H2,35,38). The average Bonchev–Trinajstić information content (AvgIpc) is 3.35. The number of nitrogens with zero attached hydrogens (tertiary/aromatic N) is 1. The van der Waals surface area contributed by atoms with Gasteiger partial charge in [0.1, 0.15) is 22.8 Å². The van der Waals surface area contributed by atoms with Crippen LogP contribution in [0.15, 0.2) is 89.3 Å². The van der Waals surface area contributed by atoms with Crippen LogP contribution in [-0.2, 0) is 10.0 Å². The Balaban J connectivity index is 1.70. The highest BCUT2D eigenvalue weighted by Gasteiger charge is 2.26. The van der Waals surface area contributed by atoms with E-state index in [4.69, 9.17) is 14.9 Å². The summed E-state index contributed by atoms with van der Waals surface area (Å²) in [7, 11) is -3.68. The fourth-order valence-electron chi connectivity index (χ4n) is 5.14. The summed E-state index contributed by atoms with van der Waals surface area (Å²) < 4.78 is 39.3. The number of Topliss-reactive ketones (excluding diaryl/α,β-unsaturated/α-hetero) is 1. The van der Waals surface area contributed by atoms with Crippen molar-refractivity contribution in [1.82, 2.24) is 0 Å². The topological polar surface area (TPSA) is 120 Å². The smallest absolute Gasteiger partial charge is 0.248 e. The molecule has 9 heteroatoms. The summed E-state index contributed by atoms with van der Waals surface area (Å²) in [6.45, 7) is 5.65. The van der Waals surface area contributed by atoms with Crippen molar-refractivity contribution in [2.75, 3.05) is 17.1 Å². The largest absolute Gasteiger partial charge is 0.457 e. The molecule has 5 aromatic rings. The first-order valence-electron chi connectivity index (χ1n) is 13.9. The number of aryl methyl sites for hydroxylation is 1. The predicted molar refractivity (Wildman–Crippen MR) is 169 cm³/mol. The van der Waals surface area contributed by atoms with Gasteiger partial charge in [0.15, 0.2) is 5.78 Å². The van der Waals surface area contributed by atoms with Crippen molar-refractivity contribution < 1.29 is 27.2 Å². The molecule has 1 amide bonds. The van der Waals surface area contributed by atoms with Crippen LogP contribution in [0.5, 0.6) is 11.5 Å². The third kappa shape index (κ3) is 6.03. The Bertz CT molecular complexity index is 1960. The van der Waals surface area contributed by atoms with Crippen molar-refractivity contribution in [3.8, 4) is 33.9 Å². The molecular weight excluding hydrogens is 564 g/mol. The molecule has 0 aliphatic heterocycles. The Labute approximate surface area is 250 Å². The van der Waals surface area contributed by atoms with Gasteiger partial charge in [0.25, 0.3) is 0 Å². The lowest BCUT2D eigenvalue weighted by Gasteiger charge is -2.24. The zero-order valence-electron chi connectivity index (χ0n) is 24.4. The molecule has 5 rings (SSSR count). The highest BCUT2D eigenvalue weighted by Crippen LogP contribution is 2.42. The van der Waals surface area contributed by atoms with Crippen LogP contribution >= 0.6 is 0 Å². The minimum atomic E-state index is -3.68. The molecular formula is C34H32N2O6S. The molecule has 0 saturated heterocycles. The second-order valence-electron chi connectivity index (χ2n) is 10.3. The number of hydrogen-bond acceptors (Lipinski definition) is 6. The highest BCUT2D eigenvalue weighted by molar-refractivity contribution is 7.92. The summed E-state index contributed by atoms with van der Waals surface area (Å²) in [5.41, 5.74) is 9.76. The van der Waals surface area contributed by atoms with Crippen LogP contribution < -0.4 is 14.8 Å². The fourth-order valence-corrected chi connectivity index (χ4v) is 6.12. The minimum Gasteiger partial charge on any atom is -0.457 e. The molecule has 0 aliphatic rings. The molecule has 0 radical (unpaired) electrons. The number of sulfonamides is 1. The first kappa shape index (κ1) is 29.6. The third-order valence-electron chi connectivity index (χ3n) is 7.16. The van der Waals surface area contributed by atoms with Crippen LogP contribution in [0.4, 0.5) is 5.69 Å². The molecule has 1 heterocycles. The third-order valence-corrected chi connectivity index (χ3v) is 8.42. The van der Waals surface area contributed by atoms with E-state index in [9.17, 15) is 18.0 Å². The Morgan fingerprint density at radius 1 is 0.884 bits per heavy atom. The number of hydrogen-bond donors (Lipinski definition) is 1. The van der Waals surface area contributed by atoms with Gasteiger partial charge in [-0.25, -0.2) is 8.42 Å². The van der Waals surface area contributed by atoms with Crippen LogP contribution in [0.1, 0.15) is 46.5 Å². The van der Waals surface area contributed by atoms with Gasteiger partial charge in [0.05, 0.1) is 17.5 Å². The van der Waals surface area contributed by atoms with Crippen LogP contribution in [-0.4, -0.2) is 32.9 Å². The van der Waals surface area contributed by atoms with Crippen molar-refractivity contribution in [2.24, 2.45) is 5.73 Å². The van der Waals surface area contributed by atoms with Crippen molar-refractivity contribution in [1.29, 1.82) is 0 Å². The molecule has 0 saturated carbocycles. The van der Waals surface area contributed by atoms with Gasteiger partial charge in [-0.2, -0.15) is 0 Å². The number of benzene rings is 4. The van der Waals surface area contributed by atoms with Gasteiger partial charge < -0.3 is 14.9 Å². The monoisotopic (exact) mass is 596 g/mol. The number of fused-ring (bicyclic) bond motifs is 1. The van der Waals surface area contributed by atoms with Crippen molar-refractivity contribution in [2.45, 2.75) is 27.2 Å². The number of ketones is 1. The van der Waals surface area contributed by atoms with E-state index in [0.717, 1.165) is 11.8 Å². The normalized spacial score (nSPS) is 11.4. The summed E-state index contributed by atoms with van der Waals surface area (Å²) in [5.74, 6) is 0.973. The number of nitrogens with two attached hydrogens (primary N) is 1. The SMILES string of the molecule is CCC(=O)c1c(-c2ccc(Oc3cccc(C)c3)cc2)oc2cc(N(CC)S(C)(=O)=O)c(-c3cccc(C(N)=O)c3)cc12. The Hall–Kier alpha value is -4.89. The number of furan rings is 1. The first-order valence-corrected chi connectivity index (χ1v) is 15.7. The molecule has 0 fully saturated rings. The second kappa shape index (κ2) is 11.8. The molecule has 220 valence electrons. The quantitative estimate of drug-likeness (QED) is 0.168. The zero-order valence-corrected chi connectivity index (χ0v) is 25.2. The van der Waals surface area contributed by atoms with Crippen molar-refractivity contribution in [3.63, 3.8) is 0 Å². The number of carbonyl (C=O) groups excluding carboxylic acids is 2. The van der Waals surface area contributed by atoms with Gasteiger partial charge >= 0.3 is 0 Å². The minimum absolute atomic E-state index is 0.131. The lowest BCUT2D eigenvalue weighted by Crippen LogP contribution is -2.29. The van der Waals surface area contributed by atoms with Gasteiger partial charge in [0, 0.05) is 41.1 Å². The number of anilines is 1. The fraction of sp³-hybridized carbons (Fsp3) is 0.176. The first-order chi connectivity index (χ1) is 20.5. The number of rotatable bonds is 10. The Morgan fingerprint density at radius 2 is 1.60 bits per heavy atom. The lowest BCUT2D eigenvalue weighted by atomic mass is 9.95. The molecule has 0 spiro atoms. The summed E-state index contributed by atoms with van der Waals surface area (Å²) in [4.78, 5) is 25.4. The highest BCUT2D eigenvalue weighted by atomic mass is 32.2. The predicted octanol–water partition coefficient (Wildman–Crippen LogP) is 7.35. The van der Waals surface area contributed by atoms with Crippen LogP contribution in [0, 0.1) is 6.92 Å². The maximum atomic E-state index is 13.4. The molecule has 0 unspecified atom stereocenters. The summed E-state index contributed by atoms with van der Waals surface area (Å²) in [5, 5.41) is 0.537. The maximum Gasteiger partial charge on any atom is 0.248 e. The lowest BCUT2D eigenvalue weighted by molar-refractivity contribution is 0.0985. The number of ether oxygens (including phenoxy) is 1. The van der Waals surface area contributed by atoms with Gasteiger partial charge in [-0.3, -0.25) is 13.9 Å². The van der Waals surface area contributed by atoms with E-state index in [1.54, 1.807) is 62.4 Å². The average molecular weight is 597 g/mol. The molecule has 43 heavy (non-hydrogen) atoms. The van der Waals surface area contributed by atoms with Crippen molar-refractivity contribution in [3.05, 3.63) is 102 Å². The molecule has 2 N–H and O–H groups in total. The van der Waals surface area contributed by atoms with Gasteiger partial charge in [-0.1, -0.05) is 31.2 Å². The van der Waals surface area contributed by atoms with E-state index in [2.05, 4.69) is 0 Å². The number of carbonyl (C=O) groups is 2. The van der Waals surface area contributed by atoms with Crippen LogP contribution in [0.3, 0.4) is 0 Å². The summed E-state index contributed by atoms with van der Waals surface area (Å²) in [6, 6.07) is 25.0. The maximum absolute atomic E-state index is 13.4. The number of primary amides is 1. The second-order valence-corrected chi connectivity index (χ2v) is 12.2. The zero-order chi connectivity index (χ0) is 30.9. The van der Waals surface area contributed by atoms with E-state index < -0.39 is 15.9 Å². The molecule has 0 atom stereocenters. The summed E-state index contributed by atoms with van der Waals surface area (Å²) in [6.07, 6.45) is 1.36. The van der Waals surface area contributed by atoms with E-state index in [1.165, 1.54) is 4.31 Å². The van der Waals surface area contributed by atoms with Gasteiger partial charge in [-0.15, -0.1) is 0 Å². The van der Waals surface area contributed by atoms with E-state index in [-0.39, 0.29) is 24.3 Å². The Kier molecular flexibility index (Phi) is 8.10. The van der Waals surface area contributed by atoms with E-state index in [1.807, 2.05) is 43.3 Å². The Morgan fingerprint density at radius 3 is 2.23 bits per heavy atom. The van der Waals surface area contributed by atoms with Crippen LogP contribution in [0.25, 0.3) is 33.4 Å². The van der Waals surface area contributed by atoms with E-state index >= 15 is 0 Å². The van der Waals surface area contributed by atoms with Crippen molar-refractivity contribution >= 4 is 38.4 Å².